The van der Waals surface area contributed by atoms with E-state index < -0.39 is 0 Å². The van der Waals surface area contributed by atoms with E-state index in [4.69, 9.17) is 14.2 Å². The zero-order valence-electron chi connectivity index (χ0n) is 16.7. The number of rotatable bonds is 9. The van der Waals surface area contributed by atoms with Crippen molar-refractivity contribution in [3.8, 4) is 17.2 Å². The number of nitrogens with one attached hydrogen (secondary N) is 2. The second-order valence-electron chi connectivity index (χ2n) is 5.76. The third-order valence-electron chi connectivity index (χ3n) is 3.93. The van der Waals surface area contributed by atoms with Crippen molar-refractivity contribution in [2.45, 2.75) is 26.9 Å². The fourth-order valence-electron chi connectivity index (χ4n) is 2.57. The summed E-state index contributed by atoms with van der Waals surface area (Å²) in [5.74, 6) is 2.60. The number of guanidine groups is 1. The van der Waals surface area contributed by atoms with E-state index in [0.717, 1.165) is 23.8 Å². The monoisotopic (exact) mass is 375 g/mol. The van der Waals surface area contributed by atoms with Gasteiger partial charge in [-0.25, -0.2) is 4.99 Å². The van der Waals surface area contributed by atoms with Gasteiger partial charge in [-0.1, -0.05) is 0 Å². The SMILES string of the molecule is CCNC(=NCc1cc(OC)c(OCC)c(OC)c1)NCc1ccnn1C. The zero-order valence-corrected chi connectivity index (χ0v) is 16.7. The Balaban J connectivity index is 2.15. The minimum atomic E-state index is 0.472. The van der Waals surface area contributed by atoms with E-state index in [1.54, 1.807) is 20.4 Å². The Bertz CT molecular complexity index is 733. The van der Waals surface area contributed by atoms with Crippen LogP contribution >= 0.6 is 0 Å². The molecule has 1 heterocycles. The topological polar surface area (TPSA) is 81.9 Å². The Morgan fingerprint density at radius 1 is 1.15 bits per heavy atom. The number of aromatic nitrogens is 2. The molecule has 8 nitrogen and oxygen atoms in total. The number of hydrogen-bond acceptors (Lipinski definition) is 5. The third-order valence-corrected chi connectivity index (χ3v) is 3.93. The molecule has 0 radical (unpaired) electrons. The van der Waals surface area contributed by atoms with E-state index in [9.17, 15) is 0 Å². The second-order valence-corrected chi connectivity index (χ2v) is 5.76. The lowest BCUT2D eigenvalue weighted by atomic mass is 10.2. The summed E-state index contributed by atoms with van der Waals surface area (Å²) in [5.41, 5.74) is 2.04. The van der Waals surface area contributed by atoms with Crippen molar-refractivity contribution in [3.05, 3.63) is 35.7 Å². The molecule has 0 aliphatic heterocycles. The highest BCUT2D eigenvalue weighted by Gasteiger charge is 2.14. The summed E-state index contributed by atoms with van der Waals surface area (Å²) in [4.78, 5) is 4.65. The van der Waals surface area contributed by atoms with Crippen molar-refractivity contribution < 1.29 is 14.2 Å². The summed E-state index contributed by atoms with van der Waals surface area (Å²) in [5, 5.41) is 10.7. The van der Waals surface area contributed by atoms with Gasteiger partial charge in [0, 0.05) is 19.8 Å². The normalized spacial score (nSPS) is 11.2. The number of benzene rings is 1. The van der Waals surface area contributed by atoms with E-state index in [-0.39, 0.29) is 0 Å². The molecule has 0 bridgehead atoms. The fraction of sp³-hybridized carbons (Fsp3) is 0.474. The maximum Gasteiger partial charge on any atom is 0.203 e. The molecule has 2 aromatic rings. The van der Waals surface area contributed by atoms with E-state index in [2.05, 4.69) is 20.7 Å². The summed E-state index contributed by atoms with van der Waals surface area (Å²) in [6, 6.07) is 5.81. The average molecular weight is 375 g/mol. The number of aryl methyl sites for hydroxylation is 1. The minimum absolute atomic E-state index is 0.472. The van der Waals surface area contributed by atoms with Crippen LogP contribution in [0.3, 0.4) is 0 Å². The molecule has 0 atom stereocenters. The van der Waals surface area contributed by atoms with Crippen molar-refractivity contribution in [3.63, 3.8) is 0 Å². The molecule has 0 aliphatic carbocycles. The maximum absolute atomic E-state index is 5.64. The van der Waals surface area contributed by atoms with Crippen molar-refractivity contribution in [2.24, 2.45) is 12.0 Å². The van der Waals surface area contributed by atoms with E-state index in [1.807, 2.05) is 43.8 Å². The molecule has 0 amide bonds. The van der Waals surface area contributed by atoms with Gasteiger partial charge in [0.15, 0.2) is 17.5 Å². The average Bonchev–Trinajstić information content (AvgIpc) is 3.09. The van der Waals surface area contributed by atoms with Gasteiger partial charge in [0.2, 0.25) is 5.75 Å². The predicted molar refractivity (Wildman–Crippen MR) is 106 cm³/mol. The van der Waals surface area contributed by atoms with Crippen LogP contribution in [-0.2, 0) is 20.1 Å². The molecule has 2 N–H and O–H groups in total. The van der Waals surface area contributed by atoms with E-state index >= 15 is 0 Å². The first-order chi connectivity index (χ1) is 13.1. The van der Waals surface area contributed by atoms with Gasteiger partial charge in [0.05, 0.1) is 39.6 Å². The Kier molecular flexibility index (Phi) is 7.79. The lowest BCUT2D eigenvalue weighted by Crippen LogP contribution is -2.37. The van der Waals surface area contributed by atoms with Gasteiger partial charge in [-0.15, -0.1) is 0 Å². The predicted octanol–water partition coefficient (Wildman–Crippen LogP) is 2.09. The van der Waals surface area contributed by atoms with Crippen LogP contribution in [0, 0.1) is 0 Å². The third kappa shape index (κ3) is 5.54. The first-order valence-electron chi connectivity index (χ1n) is 8.99. The van der Waals surface area contributed by atoms with Crippen molar-refractivity contribution in [1.29, 1.82) is 0 Å². The summed E-state index contributed by atoms with van der Waals surface area (Å²) < 4.78 is 18.4. The molecule has 2 rings (SSSR count). The smallest absolute Gasteiger partial charge is 0.203 e. The standard InChI is InChI=1S/C19H29N5O3/c1-6-20-19(22-13-15-8-9-23-24(15)3)21-12-14-10-16(25-4)18(27-7-2)17(11-14)26-5/h8-11H,6-7,12-13H2,1-5H3,(H2,20,21,22). The van der Waals surface area contributed by atoms with Gasteiger partial charge in [0.25, 0.3) is 0 Å². The Morgan fingerprint density at radius 2 is 1.85 bits per heavy atom. The largest absolute Gasteiger partial charge is 0.493 e. The maximum atomic E-state index is 5.64. The van der Waals surface area contributed by atoms with Crippen LogP contribution in [0.4, 0.5) is 0 Å². The molecule has 0 spiro atoms. The summed E-state index contributed by atoms with van der Waals surface area (Å²) in [6.45, 7) is 6.37. The molecule has 0 aliphatic rings. The van der Waals surface area contributed by atoms with Crippen LogP contribution in [-0.4, -0.2) is 43.1 Å². The summed E-state index contributed by atoms with van der Waals surface area (Å²) >= 11 is 0. The number of aliphatic imine (C=N–C) groups is 1. The second kappa shape index (κ2) is 10.3. The Morgan fingerprint density at radius 3 is 2.37 bits per heavy atom. The van der Waals surface area contributed by atoms with Gasteiger partial charge in [-0.3, -0.25) is 4.68 Å². The molecule has 0 unspecified atom stereocenters. The van der Waals surface area contributed by atoms with Crippen LogP contribution < -0.4 is 24.8 Å². The number of hydrogen-bond donors (Lipinski definition) is 2. The lowest BCUT2D eigenvalue weighted by Gasteiger charge is -2.15. The molecule has 148 valence electrons. The molecule has 0 fully saturated rings. The molecule has 1 aromatic carbocycles. The zero-order chi connectivity index (χ0) is 19.6. The highest BCUT2D eigenvalue weighted by molar-refractivity contribution is 5.79. The van der Waals surface area contributed by atoms with Crippen molar-refractivity contribution >= 4 is 5.96 Å². The van der Waals surface area contributed by atoms with Crippen LogP contribution in [0.2, 0.25) is 0 Å². The number of methoxy groups -OCH3 is 2. The van der Waals surface area contributed by atoms with Gasteiger partial charge in [0.1, 0.15) is 0 Å². The molecular formula is C19H29N5O3. The summed E-state index contributed by atoms with van der Waals surface area (Å²) in [7, 11) is 5.15. The first-order valence-corrected chi connectivity index (χ1v) is 8.99. The van der Waals surface area contributed by atoms with Crippen LogP contribution in [0.15, 0.2) is 29.4 Å². The highest BCUT2D eigenvalue weighted by Crippen LogP contribution is 2.38. The van der Waals surface area contributed by atoms with E-state index in [1.165, 1.54) is 0 Å². The lowest BCUT2D eigenvalue weighted by molar-refractivity contribution is 0.288. The van der Waals surface area contributed by atoms with Crippen molar-refractivity contribution in [2.75, 3.05) is 27.4 Å². The number of ether oxygens (including phenoxy) is 3. The molecule has 27 heavy (non-hydrogen) atoms. The van der Waals surface area contributed by atoms with Crippen molar-refractivity contribution in [1.82, 2.24) is 20.4 Å². The minimum Gasteiger partial charge on any atom is -0.493 e. The molecule has 0 saturated carbocycles. The van der Waals surface area contributed by atoms with Gasteiger partial charge in [-0.2, -0.15) is 5.10 Å². The van der Waals surface area contributed by atoms with Crippen LogP contribution in [0.25, 0.3) is 0 Å². The summed E-state index contributed by atoms with van der Waals surface area (Å²) in [6.07, 6.45) is 1.78. The number of nitrogens with zero attached hydrogens (tertiary/aromatic N) is 3. The van der Waals surface area contributed by atoms with Gasteiger partial charge >= 0.3 is 0 Å². The molecule has 1 aromatic heterocycles. The van der Waals surface area contributed by atoms with Crippen LogP contribution in [0.5, 0.6) is 17.2 Å². The Hall–Kier alpha value is -2.90. The first kappa shape index (κ1) is 20.4. The molecular weight excluding hydrogens is 346 g/mol. The molecule has 0 saturated heterocycles. The quantitative estimate of drug-likeness (QED) is 0.516. The highest BCUT2D eigenvalue weighted by atomic mass is 16.5. The van der Waals surface area contributed by atoms with Gasteiger partial charge in [-0.05, 0) is 37.6 Å². The van der Waals surface area contributed by atoms with E-state index in [0.29, 0.717) is 36.9 Å². The molecule has 8 heteroatoms. The fourth-order valence-corrected chi connectivity index (χ4v) is 2.57. The van der Waals surface area contributed by atoms with Gasteiger partial charge < -0.3 is 24.8 Å². The van der Waals surface area contributed by atoms with Crippen LogP contribution in [0.1, 0.15) is 25.1 Å². The Labute approximate surface area is 160 Å².